The Morgan fingerprint density at radius 1 is 1.41 bits per heavy atom. The summed E-state index contributed by atoms with van der Waals surface area (Å²) in [6.07, 6.45) is 0. The molecule has 0 spiro atoms. The Hall–Kier alpha value is -1.00. The highest BCUT2D eigenvalue weighted by molar-refractivity contribution is 7.98. The van der Waals surface area contributed by atoms with E-state index >= 15 is 0 Å². The van der Waals surface area contributed by atoms with Crippen molar-refractivity contribution in [1.82, 2.24) is 0 Å². The number of ether oxygens (including phenoxy) is 1. The lowest BCUT2D eigenvalue weighted by Gasteiger charge is -2.09. The number of methoxy groups -OCH3 is 1. The van der Waals surface area contributed by atoms with Crippen LogP contribution in [-0.2, 0) is 15.3 Å². The Morgan fingerprint density at radius 3 is 2.71 bits per heavy atom. The first kappa shape index (κ1) is 14.1. The number of rotatable bonds is 5. The molecule has 2 N–H and O–H groups in total. The van der Waals surface area contributed by atoms with E-state index in [1.165, 1.54) is 23.8 Å². The van der Waals surface area contributed by atoms with Crippen LogP contribution in [0.15, 0.2) is 18.2 Å². The van der Waals surface area contributed by atoms with Gasteiger partial charge in [-0.25, -0.2) is 0 Å². The molecule has 0 fully saturated rings. The van der Waals surface area contributed by atoms with Gasteiger partial charge in [-0.2, -0.15) is 11.8 Å². The summed E-state index contributed by atoms with van der Waals surface area (Å²) < 4.78 is 4.57. The van der Waals surface area contributed by atoms with Crippen LogP contribution in [-0.4, -0.2) is 24.9 Å². The highest BCUT2D eigenvalue weighted by Crippen LogP contribution is 2.16. The summed E-state index contributed by atoms with van der Waals surface area (Å²) in [4.78, 5) is 11.1. The van der Waals surface area contributed by atoms with Crippen LogP contribution < -0.4 is 5.73 Å². The Morgan fingerprint density at radius 2 is 2.12 bits per heavy atom. The first-order chi connectivity index (χ1) is 8.04. The van der Waals surface area contributed by atoms with Gasteiger partial charge in [0.1, 0.15) is 6.04 Å². The summed E-state index contributed by atoms with van der Waals surface area (Å²) in [7, 11) is 1.36. The van der Waals surface area contributed by atoms with Gasteiger partial charge in [0.15, 0.2) is 0 Å². The van der Waals surface area contributed by atoms with E-state index in [9.17, 15) is 4.79 Å². The number of benzene rings is 1. The quantitative estimate of drug-likeness (QED) is 0.816. The summed E-state index contributed by atoms with van der Waals surface area (Å²) in [6.45, 7) is 4.20. The smallest absolute Gasteiger partial charge is 0.323 e. The number of thioether (sulfide) groups is 1. The van der Waals surface area contributed by atoms with Crippen LogP contribution in [0.5, 0.6) is 0 Å². The summed E-state index contributed by atoms with van der Waals surface area (Å²) in [6, 6.07) is 5.87. The second-order valence-electron chi connectivity index (χ2n) is 4.06. The van der Waals surface area contributed by atoms with E-state index in [0.29, 0.717) is 5.75 Å². The Balaban J connectivity index is 2.40. The van der Waals surface area contributed by atoms with Crippen LogP contribution in [0.4, 0.5) is 0 Å². The van der Waals surface area contributed by atoms with Gasteiger partial charge < -0.3 is 10.5 Å². The third-order valence-corrected chi connectivity index (χ3v) is 3.77. The number of carbonyl (C=O) groups is 1. The molecular formula is C13H19NO2S. The summed E-state index contributed by atoms with van der Waals surface area (Å²) >= 11 is 1.65. The number of esters is 1. The molecule has 0 saturated heterocycles. The Labute approximate surface area is 107 Å². The first-order valence-electron chi connectivity index (χ1n) is 5.52. The molecule has 1 unspecified atom stereocenters. The molecule has 17 heavy (non-hydrogen) atoms. The second-order valence-corrected chi connectivity index (χ2v) is 5.09. The molecule has 1 atom stereocenters. The van der Waals surface area contributed by atoms with E-state index in [0.717, 1.165) is 5.75 Å². The highest BCUT2D eigenvalue weighted by Gasteiger charge is 2.13. The normalized spacial score (nSPS) is 12.2. The van der Waals surface area contributed by atoms with Crippen molar-refractivity contribution in [2.24, 2.45) is 5.73 Å². The fourth-order valence-corrected chi connectivity index (χ4v) is 2.34. The fraction of sp³-hybridized carbons (Fsp3) is 0.462. The Kier molecular flexibility index (Phi) is 5.51. The van der Waals surface area contributed by atoms with E-state index < -0.39 is 6.04 Å². The predicted molar refractivity (Wildman–Crippen MR) is 72.1 cm³/mol. The molecule has 0 bridgehead atoms. The Bertz CT molecular complexity index is 393. The predicted octanol–water partition coefficient (Wildman–Crippen LogP) is 2.04. The average molecular weight is 253 g/mol. The fourth-order valence-electron chi connectivity index (χ4n) is 1.42. The van der Waals surface area contributed by atoms with Crippen LogP contribution in [0.3, 0.4) is 0 Å². The summed E-state index contributed by atoms with van der Waals surface area (Å²) in [5.41, 5.74) is 9.50. The van der Waals surface area contributed by atoms with Crippen molar-refractivity contribution >= 4 is 17.7 Å². The maximum absolute atomic E-state index is 11.1. The van der Waals surface area contributed by atoms with Gasteiger partial charge in [0.2, 0.25) is 0 Å². The molecule has 1 rings (SSSR count). The van der Waals surface area contributed by atoms with E-state index in [2.05, 4.69) is 36.8 Å². The third-order valence-electron chi connectivity index (χ3n) is 2.64. The highest BCUT2D eigenvalue weighted by atomic mass is 32.2. The monoisotopic (exact) mass is 253 g/mol. The van der Waals surface area contributed by atoms with E-state index in [1.54, 1.807) is 11.8 Å². The van der Waals surface area contributed by atoms with Crippen molar-refractivity contribution in [3.05, 3.63) is 34.9 Å². The lowest BCUT2D eigenvalue weighted by atomic mass is 10.1. The van der Waals surface area contributed by atoms with Crippen LogP contribution in [0.1, 0.15) is 16.7 Å². The van der Waals surface area contributed by atoms with E-state index in [1.807, 2.05) is 0 Å². The average Bonchev–Trinajstić information content (AvgIpc) is 2.32. The van der Waals surface area contributed by atoms with E-state index in [4.69, 9.17) is 5.73 Å². The van der Waals surface area contributed by atoms with Crippen molar-refractivity contribution in [1.29, 1.82) is 0 Å². The molecule has 0 radical (unpaired) electrons. The van der Waals surface area contributed by atoms with Gasteiger partial charge in [-0.05, 0) is 30.5 Å². The van der Waals surface area contributed by atoms with Crippen molar-refractivity contribution in [3.8, 4) is 0 Å². The first-order valence-corrected chi connectivity index (χ1v) is 6.67. The van der Waals surface area contributed by atoms with Crippen molar-refractivity contribution in [2.45, 2.75) is 25.6 Å². The maximum atomic E-state index is 11.1. The third kappa shape index (κ3) is 4.40. The molecule has 0 aliphatic rings. The molecule has 1 aromatic rings. The van der Waals surface area contributed by atoms with Crippen molar-refractivity contribution in [3.63, 3.8) is 0 Å². The topological polar surface area (TPSA) is 52.3 Å². The lowest BCUT2D eigenvalue weighted by Crippen LogP contribution is -2.33. The zero-order chi connectivity index (χ0) is 12.8. The number of carbonyl (C=O) groups excluding carboxylic acids is 1. The molecule has 0 aliphatic carbocycles. The molecule has 0 aliphatic heterocycles. The van der Waals surface area contributed by atoms with Gasteiger partial charge in [-0.15, -0.1) is 0 Å². The van der Waals surface area contributed by atoms with Crippen LogP contribution >= 0.6 is 11.8 Å². The van der Waals surface area contributed by atoms with Crippen LogP contribution in [0.25, 0.3) is 0 Å². The molecule has 0 heterocycles. The minimum Gasteiger partial charge on any atom is -0.468 e. The van der Waals surface area contributed by atoms with Crippen molar-refractivity contribution in [2.75, 3.05) is 12.9 Å². The summed E-state index contributed by atoms with van der Waals surface area (Å²) in [5.74, 6) is 1.10. The number of hydrogen-bond acceptors (Lipinski definition) is 4. The van der Waals surface area contributed by atoms with Gasteiger partial charge in [0.25, 0.3) is 0 Å². The van der Waals surface area contributed by atoms with Gasteiger partial charge >= 0.3 is 5.97 Å². The number of aryl methyl sites for hydroxylation is 2. The molecule has 3 nitrogen and oxygen atoms in total. The molecule has 1 aromatic carbocycles. The molecule has 0 saturated carbocycles. The molecule has 0 aromatic heterocycles. The van der Waals surface area contributed by atoms with Crippen LogP contribution in [0.2, 0.25) is 0 Å². The zero-order valence-electron chi connectivity index (χ0n) is 10.5. The molecule has 0 amide bonds. The molecular weight excluding hydrogens is 234 g/mol. The lowest BCUT2D eigenvalue weighted by molar-refractivity contribution is -0.141. The largest absolute Gasteiger partial charge is 0.468 e. The van der Waals surface area contributed by atoms with Gasteiger partial charge in [0, 0.05) is 11.5 Å². The summed E-state index contributed by atoms with van der Waals surface area (Å²) in [5, 5.41) is 0. The number of nitrogens with two attached hydrogens (primary N) is 1. The molecule has 94 valence electrons. The zero-order valence-corrected chi connectivity index (χ0v) is 11.3. The van der Waals surface area contributed by atoms with Gasteiger partial charge in [0.05, 0.1) is 7.11 Å². The minimum absolute atomic E-state index is 0.349. The maximum Gasteiger partial charge on any atom is 0.323 e. The van der Waals surface area contributed by atoms with Crippen molar-refractivity contribution < 1.29 is 9.53 Å². The second kappa shape index (κ2) is 6.67. The standard InChI is InChI=1S/C13H19NO2S/c1-9-4-5-11(6-10(9)2)7-17-8-12(14)13(15)16-3/h4-6,12H,7-8,14H2,1-3H3. The minimum atomic E-state index is -0.531. The number of hydrogen-bond donors (Lipinski definition) is 1. The van der Waals surface area contributed by atoms with Gasteiger partial charge in [-0.1, -0.05) is 18.2 Å². The van der Waals surface area contributed by atoms with E-state index in [-0.39, 0.29) is 5.97 Å². The SMILES string of the molecule is COC(=O)C(N)CSCc1ccc(C)c(C)c1. The molecule has 4 heteroatoms. The van der Waals surface area contributed by atoms with Crippen LogP contribution in [0, 0.1) is 13.8 Å². The van der Waals surface area contributed by atoms with Gasteiger partial charge in [-0.3, -0.25) is 4.79 Å².